The third-order valence-electron chi connectivity index (χ3n) is 4.49. The number of carbonyl (C=O) groups excluding carboxylic acids is 1. The summed E-state index contributed by atoms with van der Waals surface area (Å²) in [6.45, 7) is 3.70. The van der Waals surface area contributed by atoms with E-state index in [2.05, 4.69) is 21.3 Å². The number of nitrogens with one attached hydrogen (secondary N) is 1. The smallest absolute Gasteiger partial charge is 0.252 e. The van der Waals surface area contributed by atoms with Crippen LogP contribution in [0.25, 0.3) is 0 Å². The molecular formula is C19H22ClN3O. The first kappa shape index (κ1) is 16.9. The molecule has 2 heterocycles. The monoisotopic (exact) mass is 343 g/mol. The van der Waals surface area contributed by atoms with Crippen LogP contribution in [0.1, 0.15) is 28.9 Å². The standard InChI is InChI=1S/C19H22ClN3O/c20-18-7-2-1-6-17(18)19(24)22-13-15-8-11-23(12-9-15)14-16-5-3-4-10-21-16/h1-7,10,15H,8-9,11-14H2,(H,22,24). The summed E-state index contributed by atoms with van der Waals surface area (Å²) in [7, 11) is 0. The highest BCUT2D eigenvalue weighted by atomic mass is 35.5. The fourth-order valence-electron chi connectivity index (χ4n) is 3.05. The molecule has 1 N–H and O–H groups in total. The number of benzene rings is 1. The van der Waals surface area contributed by atoms with E-state index in [4.69, 9.17) is 11.6 Å². The van der Waals surface area contributed by atoms with Gasteiger partial charge in [0.2, 0.25) is 0 Å². The van der Waals surface area contributed by atoms with Crippen LogP contribution in [0.15, 0.2) is 48.7 Å². The number of aromatic nitrogens is 1. The topological polar surface area (TPSA) is 45.2 Å². The first-order valence-electron chi connectivity index (χ1n) is 8.37. The molecule has 1 amide bonds. The largest absolute Gasteiger partial charge is 0.352 e. The van der Waals surface area contributed by atoms with Crippen molar-refractivity contribution in [1.29, 1.82) is 0 Å². The van der Waals surface area contributed by atoms with Crippen molar-refractivity contribution in [1.82, 2.24) is 15.2 Å². The second-order valence-corrected chi connectivity index (χ2v) is 6.64. The van der Waals surface area contributed by atoms with E-state index in [0.29, 0.717) is 23.0 Å². The molecule has 1 aromatic carbocycles. The zero-order chi connectivity index (χ0) is 16.8. The highest BCUT2D eigenvalue weighted by Gasteiger charge is 2.20. The average molecular weight is 344 g/mol. The average Bonchev–Trinajstić information content (AvgIpc) is 2.62. The highest BCUT2D eigenvalue weighted by molar-refractivity contribution is 6.33. The van der Waals surface area contributed by atoms with Gasteiger partial charge in [0.1, 0.15) is 0 Å². The molecule has 1 saturated heterocycles. The van der Waals surface area contributed by atoms with Gasteiger partial charge in [-0.05, 0) is 56.1 Å². The van der Waals surface area contributed by atoms with Gasteiger partial charge < -0.3 is 5.32 Å². The van der Waals surface area contributed by atoms with Crippen LogP contribution in [0.5, 0.6) is 0 Å². The molecule has 5 heteroatoms. The molecule has 0 saturated carbocycles. The molecule has 0 unspecified atom stereocenters. The predicted octanol–water partition coefficient (Wildman–Crippen LogP) is 3.38. The summed E-state index contributed by atoms with van der Waals surface area (Å²) in [6.07, 6.45) is 4.03. The van der Waals surface area contributed by atoms with Crippen molar-refractivity contribution in [3.05, 3.63) is 64.9 Å². The molecule has 2 aromatic rings. The fraction of sp³-hybridized carbons (Fsp3) is 0.368. The van der Waals surface area contributed by atoms with Crippen molar-refractivity contribution in [3.8, 4) is 0 Å². The Hall–Kier alpha value is -1.91. The molecule has 0 atom stereocenters. The van der Waals surface area contributed by atoms with Crippen molar-refractivity contribution in [2.75, 3.05) is 19.6 Å². The van der Waals surface area contributed by atoms with Gasteiger partial charge in [-0.15, -0.1) is 0 Å². The molecule has 0 radical (unpaired) electrons. The van der Waals surface area contributed by atoms with Crippen molar-refractivity contribution in [2.24, 2.45) is 5.92 Å². The number of hydrogen-bond donors (Lipinski definition) is 1. The minimum Gasteiger partial charge on any atom is -0.352 e. The molecule has 24 heavy (non-hydrogen) atoms. The Labute approximate surface area is 147 Å². The van der Waals surface area contributed by atoms with E-state index in [1.54, 1.807) is 12.1 Å². The molecule has 3 rings (SSSR count). The van der Waals surface area contributed by atoms with Gasteiger partial charge in [-0.2, -0.15) is 0 Å². The van der Waals surface area contributed by atoms with Gasteiger partial charge in [0.05, 0.1) is 16.3 Å². The lowest BCUT2D eigenvalue weighted by Gasteiger charge is -2.31. The van der Waals surface area contributed by atoms with Crippen LogP contribution < -0.4 is 5.32 Å². The number of hydrogen-bond acceptors (Lipinski definition) is 3. The van der Waals surface area contributed by atoms with Gasteiger partial charge in [0, 0.05) is 19.3 Å². The van der Waals surface area contributed by atoms with Crippen molar-refractivity contribution >= 4 is 17.5 Å². The Morgan fingerprint density at radius 3 is 2.62 bits per heavy atom. The molecular weight excluding hydrogens is 322 g/mol. The Bertz CT molecular complexity index is 669. The van der Waals surface area contributed by atoms with Crippen LogP contribution >= 0.6 is 11.6 Å². The SMILES string of the molecule is O=C(NCC1CCN(Cc2ccccn2)CC1)c1ccccc1Cl. The number of halogens is 1. The number of nitrogens with zero attached hydrogens (tertiary/aromatic N) is 2. The van der Waals surface area contributed by atoms with Crippen molar-refractivity contribution in [2.45, 2.75) is 19.4 Å². The Balaban J connectivity index is 1.43. The van der Waals surface area contributed by atoms with E-state index in [1.807, 2.05) is 30.5 Å². The predicted molar refractivity (Wildman–Crippen MR) is 96.0 cm³/mol. The summed E-state index contributed by atoms with van der Waals surface area (Å²) in [5, 5.41) is 3.52. The maximum Gasteiger partial charge on any atom is 0.252 e. The van der Waals surface area contributed by atoms with Gasteiger partial charge in [0.25, 0.3) is 5.91 Å². The van der Waals surface area contributed by atoms with E-state index >= 15 is 0 Å². The van der Waals surface area contributed by atoms with E-state index in [1.165, 1.54) is 0 Å². The van der Waals surface area contributed by atoms with Crippen LogP contribution in [0.3, 0.4) is 0 Å². The Morgan fingerprint density at radius 1 is 1.17 bits per heavy atom. The summed E-state index contributed by atoms with van der Waals surface area (Å²) >= 11 is 6.06. The maximum atomic E-state index is 12.2. The molecule has 0 bridgehead atoms. The third-order valence-corrected chi connectivity index (χ3v) is 4.82. The summed E-state index contributed by atoms with van der Waals surface area (Å²) in [6, 6.07) is 13.2. The zero-order valence-corrected chi connectivity index (χ0v) is 14.4. The van der Waals surface area contributed by atoms with E-state index in [-0.39, 0.29) is 5.91 Å². The lowest BCUT2D eigenvalue weighted by Crippen LogP contribution is -2.38. The summed E-state index contributed by atoms with van der Waals surface area (Å²) in [5.41, 5.74) is 1.66. The third kappa shape index (κ3) is 4.56. The van der Waals surface area contributed by atoms with Crippen molar-refractivity contribution in [3.63, 3.8) is 0 Å². The zero-order valence-electron chi connectivity index (χ0n) is 13.6. The van der Waals surface area contributed by atoms with Crippen LogP contribution in [-0.2, 0) is 6.54 Å². The van der Waals surface area contributed by atoms with Gasteiger partial charge in [-0.3, -0.25) is 14.7 Å². The van der Waals surface area contributed by atoms with Crippen LogP contribution in [-0.4, -0.2) is 35.4 Å². The number of rotatable bonds is 5. The quantitative estimate of drug-likeness (QED) is 0.905. The maximum absolute atomic E-state index is 12.2. The molecule has 4 nitrogen and oxygen atoms in total. The molecule has 1 fully saturated rings. The van der Waals surface area contributed by atoms with Crippen molar-refractivity contribution < 1.29 is 4.79 Å². The minimum atomic E-state index is -0.0866. The second kappa shape index (κ2) is 8.27. The number of likely N-dealkylation sites (tertiary alicyclic amines) is 1. The van der Waals surface area contributed by atoms with E-state index in [9.17, 15) is 4.79 Å². The lowest BCUT2D eigenvalue weighted by molar-refractivity contribution is 0.0935. The van der Waals surface area contributed by atoms with Gasteiger partial charge in [-0.1, -0.05) is 29.8 Å². The first-order valence-corrected chi connectivity index (χ1v) is 8.75. The molecule has 0 aliphatic carbocycles. The summed E-state index contributed by atoms with van der Waals surface area (Å²) < 4.78 is 0. The molecule has 126 valence electrons. The molecule has 1 aliphatic rings. The number of amides is 1. The van der Waals surface area contributed by atoms with E-state index in [0.717, 1.165) is 38.2 Å². The first-order chi connectivity index (χ1) is 11.7. The fourth-order valence-corrected chi connectivity index (χ4v) is 3.27. The lowest BCUT2D eigenvalue weighted by atomic mass is 9.96. The minimum absolute atomic E-state index is 0.0866. The van der Waals surface area contributed by atoms with Gasteiger partial charge in [-0.25, -0.2) is 0 Å². The highest BCUT2D eigenvalue weighted by Crippen LogP contribution is 2.19. The molecule has 1 aromatic heterocycles. The Morgan fingerprint density at radius 2 is 1.92 bits per heavy atom. The second-order valence-electron chi connectivity index (χ2n) is 6.23. The van der Waals surface area contributed by atoms with Gasteiger partial charge >= 0.3 is 0 Å². The normalized spacial score (nSPS) is 16.0. The molecule has 0 spiro atoms. The van der Waals surface area contributed by atoms with Crippen LogP contribution in [0.2, 0.25) is 5.02 Å². The number of piperidine rings is 1. The molecule has 1 aliphatic heterocycles. The van der Waals surface area contributed by atoms with Crippen LogP contribution in [0.4, 0.5) is 0 Å². The van der Waals surface area contributed by atoms with E-state index < -0.39 is 0 Å². The Kier molecular flexibility index (Phi) is 5.83. The van der Waals surface area contributed by atoms with Crippen LogP contribution in [0, 0.1) is 5.92 Å². The number of pyridine rings is 1. The summed E-state index contributed by atoms with van der Waals surface area (Å²) in [4.78, 5) is 19.0. The summed E-state index contributed by atoms with van der Waals surface area (Å²) in [5.74, 6) is 0.438. The van der Waals surface area contributed by atoms with Gasteiger partial charge in [0.15, 0.2) is 0 Å². The number of carbonyl (C=O) groups is 1.